The molecule has 0 bridgehead atoms. The number of hydrogen-bond donors (Lipinski definition) is 1. The molecule has 0 radical (unpaired) electrons. The van der Waals surface area contributed by atoms with Gasteiger partial charge in [-0.2, -0.15) is 0 Å². The predicted molar refractivity (Wildman–Crippen MR) is 65.0 cm³/mol. The number of hydrogen-bond acceptors (Lipinski definition) is 3. The highest BCUT2D eigenvalue weighted by atomic mass is 127. The third kappa shape index (κ3) is 2.51. The van der Waals surface area contributed by atoms with Gasteiger partial charge in [-0.1, -0.05) is 0 Å². The molecule has 0 aromatic heterocycles. The summed E-state index contributed by atoms with van der Waals surface area (Å²) in [5.74, 6) is 1.68. The molecule has 0 aliphatic rings. The zero-order chi connectivity index (χ0) is 10.6. The van der Waals surface area contributed by atoms with Gasteiger partial charge in [0.25, 0.3) is 0 Å². The second kappa shape index (κ2) is 5.41. The Morgan fingerprint density at radius 1 is 1.21 bits per heavy atom. The molecule has 0 heterocycles. The number of ether oxygens (including phenoxy) is 2. The molecule has 0 saturated heterocycles. The lowest BCUT2D eigenvalue weighted by Gasteiger charge is -2.10. The molecule has 0 aliphatic heterocycles. The Balaban J connectivity index is 3.11. The molecule has 0 unspecified atom stereocenters. The Morgan fingerprint density at radius 3 is 2.07 bits per heavy atom. The Morgan fingerprint density at radius 2 is 1.71 bits per heavy atom. The average molecular weight is 307 g/mol. The first-order valence-electron chi connectivity index (χ1n) is 4.33. The van der Waals surface area contributed by atoms with Gasteiger partial charge in [0.15, 0.2) is 0 Å². The van der Waals surface area contributed by atoms with Crippen molar-refractivity contribution in [3.63, 3.8) is 0 Å². The molecule has 0 saturated carbocycles. The van der Waals surface area contributed by atoms with Crippen molar-refractivity contribution in [2.75, 3.05) is 20.8 Å². The van der Waals surface area contributed by atoms with Crippen molar-refractivity contribution in [1.29, 1.82) is 0 Å². The maximum atomic E-state index is 5.50. The summed E-state index contributed by atoms with van der Waals surface area (Å²) in [5.41, 5.74) is 6.64. The minimum Gasteiger partial charge on any atom is -0.495 e. The lowest BCUT2D eigenvalue weighted by Crippen LogP contribution is -2.04. The SMILES string of the molecule is COc1cc(CCN)cc(OC)c1I. The van der Waals surface area contributed by atoms with E-state index in [-0.39, 0.29) is 0 Å². The molecule has 2 N–H and O–H groups in total. The molecule has 0 spiro atoms. The first-order chi connectivity index (χ1) is 6.72. The van der Waals surface area contributed by atoms with E-state index in [1.807, 2.05) is 12.1 Å². The number of benzene rings is 1. The highest BCUT2D eigenvalue weighted by Gasteiger charge is 2.08. The standard InChI is InChI=1S/C10H14INO2/c1-13-8-5-7(3-4-12)6-9(14-2)10(8)11/h5-6H,3-4,12H2,1-2H3. The van der Waals surface area contributed by atoms with E-state index >= 15 is 0 Å². The van der Waals surface area contributed by atoms with Gasteiger partial charge in [-0.25, -0.2) is 0 Å². The quantitative estimate of drug-likeness (QED) is 0.863. The fraction of sp³-hybridized carbons (Fsp3) is 0.400. The van der Waals surface area contributed by atoms with Gasteiger partial charge in [0.05, 0.1) is 17.8 Å². The lowest BCUT2D eigenvalue weighted by atomic mass is 10.1. The summed E-state index contributed by atoms with van der Waals surface area (Å²) < 4.78 is 11.5. The van der Waals surface area contributed by atoms with Crippen LogP contribution in [0.2, 0.25) is 0 Å². The van der Waals surface area contributed by atoms with Crippen LogP contribution in [0, 0.1) is 3.57 Å². The van der Waals surface area contributed by atoms with Gasteiger partial charge in [-0.3, -0.25) is 0 Å². The minimum absolute atomic E-state index is 0.632. The largest absolute Gasteiger partial charge is 0.495 e. The van der Waals surface area contributed by atoms with Crippen LogP contribution >= 0.6 is 22.6 Å². The summed E-state index contributed by atoms with van der Waals surface area (Å²) in [5, 5.41) is 0. The smallest absolute Gasteiger partial charge is 0.136 e. The summed E-state index contributed by atoms with van der Waals surface area (Å²) in [6.45, 7) is 0.632. The van der Waals surface area contributed by atoms with E-state index in [2.05, 4.69) is 22.6 Å². The van der Waals surface area contributed by atoms with Gasteiger partial charge in [0.1, 0.15) is 11.5 Å². The van der Waals surface area contributed by atoms with E-state index in [1.165, 1.54) is 0 Å². The normalized spacial score (nSPS) is 10.0. The Kier molecular flexibility index (Phi) is 4.47. The van der Waals surface area contributed by atoms with Crippen LogP contribution in [0.1, 0.15) is 5.56 Å². The van der Waals surface area contributed by atoms with Crippen LogP contribution in [0.5, 0.6) is 11.5 Å². The van der Waals surface area contributed by atoms with Crippen LogP contribution in [0.15, 0.2) is 12.1 Å². The van der Waals surface area contributed by atoms with Gasteiger partial charge >= 0.3 is 0 Å². The summed E-state index contributed by atoms with van der Waals surface area (Å²) >= 11 is 2.20. The topological polar surface area (TPSA) is 44.5 Å². The summed E-state index contributed by atoms with van der Waals surface area (Å²) in [6, 6.07) is 3.99. The summed E-state index contributed by atoms with van der Waals surface area (Å²) in [4.78, 5) is 0. The summed E-state index contributed by atoms with van der Waals surface area (Å²) in [6.07, 6.45) is 0.837. The highest BCUT2D eigenvalue weighted by Crippen LogP contribution is 2.31. The first-order valence-corrected chi connectivity index (χ1v) is 5.41. The number of nitrogens with two attached hydrogens (primary N) is 1. The van der Waals surface area contributed by atoms with Crippen LogP contribution in [-0.4, -0.2) is 20.8 Å². The van der Waals surface area contributed by atoms with Crippen molar-refractivity contribution in [3.8, 4) is 11.5 Å². The third-order valence-corrected chi connectivity index (χ3v) is 3.00. The van der Waals surface area contributed by atoms with Crippen molar-refractivity contribution < 1.29 is 9.47 Å². The maximum Gasteiger partial charge on any atom is 0.136 e. The van der Waals surface area contributed by atoms with Gasteiger partial charge in [-0.05, 0) is 53.3 Å². The molecule has 0 amide bonds. The average Bonchev–Trinajstić information content (AvgIpc) is 2.20. The van der Waals surface area contributed by atoms with E-state index in [1.54, 1.807) is 14.2 Å². The number of halogens is 1. The molecule has 0 atom stereocenters. The fourth-order valence-corrected chi connectivity index (χ4v) is 1.99. The highest BCUT2D eigenvalue weighted by molar-refractivity contribution is 14.1. The molecule has 78 valence electrons. The van der Waals surface area contributed by atoms with Crippen LogP contribution in [-0.2, 0) is 6.42 Å². The van der Waals surface area contributed by atoms with Crippen molar-refractivity contribution in [2.45, 2.75) is 6.42 Å². The van der Waals surface area contributed by atoms with E-state index in [0.717, 1.165) is 27.1 Å². The zero-order valence-electron chi connectivity index (χ0n) is 8.34. The van der Waals surface area contributed by atoms with Gasteiger partial charge in [0.2, 0.25) is 0 Å². The van der Waals surface area contributed by atoms with Crippen LogP contribution < -0.4 is 15.2 Å². The molecule has 4 heteroatoms. The lowest BCUT2D eigenvalue weighted by molar-refractivity contribution is 0.388. The van der Waals surface area contributed by atoms with Gasteiger partial charge < -0.3 is 15.2 Å². The molecule has 0 fully saturated rings. The maximum absolute atomic E-state index is 5.50. The van der Waals surface area contributed by atoms with E-state index in [0.29, 0.717) is 6.54 Å². The van der Waals surface area contributed by atoms with Crippen molar-refractivity contribution in [1.82, 2.24) is 0 Å². The molecule has 14 heavy (non-hydrogen) atoms. The monoisotopic (exact) mass is 307 g/mol. The van der Waals surface area contributed by atoms with Crippen molar-refractivity contribution in [2.24, 2.45) is 5.73 Å². The first kappa shape index (κ1) is 11.6. The molecule has 3 nitrogen and oxygen atoms in total. The molecular weight excluding hydrogens is 293 g/mol. The zero-order valence-corrected chi connectivity index (χ0v) is 10.5. The molecule has 1 aromatic rings. The number of methoxy groups -OCH3 is 2. The van der Waals surface area contributed by atoms with Gasteiger partial charge in [-0.15, -0.1) is 0 Å². The predicted octanol–water partition coefficient (Wildman–Crippen LogP) is 1.81. The van der Waals surface area contributed by atoms with Crippen LogP contribution in [0.4, 0.5) is 0 Å². The molecule has 0 aliphatic carbocycles. The fourth-order valence-electron chi connectivity index (χ4n) is 1.23. The van der Waals surface area contributed by atoms with Crippen LogP contribution in [0.3, 0.4) is 0 Å². The minimum atomic E-state index is 0.632. The Labute approximate surface area is 97.7 Å². The van der Waals surface area contributed by atoms with E-state index in [4.69, 9.17) is 15.2 Å². The second-order valence-electron chi connectivity index (χ2n) is 2.85. The second-order valence-corrected chi connectivity index (χ2v) is 3.93. The Bertz CT molecular complexity index is 290. The summed E-state index contributed by atoms with van der Waals surface area (Å²) in [7, 11) is 3.31. The third-order valence-electron chi connectivity index (χ3n) is 1.94. The Hall–Kier alpha value is -0.490. The van der Waals surface area contributed by atoms with E-state index in [9.17, 15) is 0 Å². The van der Waals surface area contributed by atoms with Crippen molar-refractivity contribution in [3.05, 3.63) is 21.3 Å². The van der Waals surface area contributed by atoms with E-state index < -0.39 is 0 Å². The van der Waals surface area contributed by atoms with Gasteiger partial charge in [0, 0.05) is 0 Å². The van der Waals surface area contributed by atoms with Crippen molar-refractivity contribution >= 4 is 22.6 Å². The molecular formula is C10H14INO2. The number of rotatable bonds is 4. The van der Waals surface area contributed by atoms with Crippen LogP contribution in [0.25, 0.3) is 0 Å². The molecule has 1 aromatic carbocycles. The molecule has 1 rings (SSSR count).